The number of piperidine rings is 1. The SMILES string of the molecule is NC(CCNCc1ccc(Cl)cc1)C(=O)N1CCC(F)CC1. The third-order valence-electron chi connectivity index (χ3n) is 3.93. The lowest BCUT2D eigenvalue weighted by Gasteiger charge is -2.30. The second-order valence-corrected chi connectivity index (χ2v) is 6.13. The van der Waals surface area contributed by atoms with Gasteiger partial charge in [-0.05, 0) is 43.5 Å². The maximum atomic E-state index is 13.1. The summed E-state index contributed by atoms with van der Waals surface area (Å²) in [6.45, 7) is 2.33. The third-order valence-corrected chi connectivity index (χ3v) is 4.18. The van der Waals surface area contributed by atoms with E-state index >= 15 is 0 Å². The highest BCUT2D eigenvalue weighted by atomic mass is 35.5. The van der Waals surface area contributed by atoms with Gasteiger partial charge in [-0.15, -0.1) is 0 Å². The van der Waals surface area contributed by atoms with Crippen LogP contribution in [0.2, 0.25) is 5.02 Å². The lowest BCUT2D eigenvalue weighted by Crippen LogP contribution is -2.48. The van der Waals surface area contributed by atoms with Gasteiger partial charge in [-0.3, -0.25) is 4.79 Å². The summed E-state index contributed by atoms with van der Waals surface area (Å²) >= 11 is 5.83. The summed E-state index contributed by atoms with van der Waals surface area (Å²) < 4.78 is 13.1. The molecular formula is C16H23ClFN3O. The minimum absolute atomic E-state index is 0.0693. The molecule has 0 aromatic heterocycles. The molecule has 1 aromatic rings. The second-order valence-electron chi connectivity index (χ2n) is 5.70. The van der Waals surface area contributed by atoms with Crippen molar-refractivity contribution in [2.24, 2.45) is 5.73 Å². The molecule has 0 radical (unpaired) electrons. The Morgan fingerprint density at radius 1 is 1.36 bits per heavy atom. The van der Waals surface area contributed by atoms with Gasteiger partial charge in [0, 0.05) is 24.7 Å². The van der Waals surface area contributed by atoms with Crippen molar-refractivity contribution < 1.29 is 9.18 Å². The van der Waals surface area contributed by atoms with Crippen LogP contribution in [0.1, 0.15) is 24.8 Å². The number of alkyl halides is 1. The summed E-state index contributed by atoms with van der Waals surface area (Å²) in [6.07, 6.45) is 0.643. The van der Waals surface area contributed by atoms with Gasteiger partial charge in [0.15, 0.2) is 0 Å². The molecule has 1 heterocycles. The van der Waals surface area contributed by atoms with Crippen molar-refractivity contribution in [3.63, 3.8) is 0 Å². The van der Waals surface area contributed by atoms with Crippen LogP contribution < -0.4 is 11.1 Å². The number of benzene rings is 1. The van der Waals surface area contributed by atoms with E-state index in [4.69, 9.17) is 17.3 Å². The van der Waals surface area contributed by atoms with Crippen molar-refractivity contribution >= 4 is 17.5 Å². The first-order chi connectivity index (χ1) is 10.6. The van der Waals surface area contributed by atoms with E-state index in [1.807, 2.05) is 24.3 Å². The van der Waals surface area contributed by atoms with E-state index in [1.54, 1.807) is 4.90 Å². The summed E-state index contributed by atoms with van der Waals surface area (Å²) in [7, 11) is 0. The first-order valence-corrected chi connectivity index (χ1v) is 8.07. The molecule has 1 unspecified atom stereocenters. The number of carbonyl (C=O) groups is 1. The molecule has 1 fully saturated rings. The van der Waals surface area contributed by atoms with Crippen LogP contribution in [0.15, 0.2) is 24.3 Å². The minimum Gasteiger partial charge on any atom is -0.341 e. The van der Waals surface area contributed by atoms with Gasteiger partial charge < -0.3 is 16.0 Å². The molecule has 3 N–H and O–H groups in total. The predicted octanol–water partition coefficient (Wildman–Crippen LogP) is 2.11. The quantitative estimate of drug-likeness (QED) is 0.787. The van der Waals surface area contributed by atoms with E-state index in [-0.39, 0.29) is 5.91 Å². The molecule has 2 rings (SSSR count). The predicted molar refractivity (Wildman–Crippen MR) is 86.5 cm³/mol. The topological polar surface area (TPSA) is 58.4 Å². The fourth-order valence-electron chi connectivity index (χ4n) is 2.52. The fourth-order valence-corrected chi connectivity index (χ4v) is 2.64. The first-order valence-electron chi connectivity index (χ1n) is 7.70. The number of carbonyl (C=O) groups excluding carboxylic acids is 1. The highest BCUT2D eigenvalue weighted by Gasteiger charge is 2.25. The molecule has 6 heteroatoms. The van der Waals surface area contributed by atoms with Crippen LogP contribution >= 0.6 is 11.6 Å². The van der Waals surface area contributed by atoms with Crippen LogP contribution in [0.5, 0.6) is 0 Å². The molecule has 1 atom stereocenters. The molecule has 1 aromatic carbocycles. The lowest BCUT2D eigenvalue weighted by atomic mass is 10.1. The van der Waals surface area contributed by atoms with Crippen LogP contribution in [0.3, 0.4) is 0 Å². The van der Waals surface area contributed by atoms with Crippen molar-refractivity contribution in [1.29, 1.82) is 0 Å². The molecule has 1 aliphatic rings. The molecule has 0 saturated carbocycles. The van der Waals surface area contributed by atoms with Crippen molar-refractivity contribution in [3.05, 3.63) is 34.9 Å². The Hall–Kier alpha value is -1.17. The smallest absolute Gasteiger partial charge is 0.239 e. The normalized spacial score (nSPS) is 17.5. The molecular weight excluding hydrogens is 305 g/mol. The molecule has 1 aliphatic heterocycles. The van der Waals surface area contributed by atoms with Gasteiger partial charge in [-0.2, -0.15) is 0 Å². The fraction of sp³-hybridized carbons (Fsp3) is 0.562. The summed E-state index contributed by atoms with van der Waals surface area (Å²) in [5.41, 5.74) is 7.07. The number of nitrogens with zero attached hydrogens (tertiary/aromatic N) is 1. The van der Waals surface area contributed by atoms with Gasteiger partial charge in [0.1, 0.15) is 6.17 Å². The lowest BCUT2D eigenvalue weighted by molar-refractivity contribution is -0.134. The number of nitrogens with two attached hydrogens (primary N) is 1. The average molecular weight is 328 g/mol. The molecule has 1 saturated heterocycles. The summed E-state index contributed by atoms with van der Waals surface area (Å²) in [6, 6.07) is 7.10. The van der Waals surface area contributed by atoms with Gasteiger partial charge >= 0.3 is 0 Å². The zero-order valence-electron chi connectivity index (χ0n) is 12.6. The van der Waals surface area contributed by atoms with E-state index in [0.29, 0.717) is 50.5 Å². The Morgan fingerprint density at radius 2 is 2.00 bits per heavy atom. The molecule has 0 bridgehead atoms. The average Bonchev–Trinajstić information content (AvgIpc) is 2.53. The van der Waals surface area contributed by atoms with Gasteiger partial charge in [-0.25, -0.2) is 4.39 Å². The molecule has 22 heavy (non-hydrogen) atoms. The van der Waals surface area contributed by atoms with Gasteiger partial charge in [0.2, 0.25) is 5.91 Å². The van der Waals surface area contributed by atoms with Crippen molar-refractivity contribution in [1.82, 2.24) is 10.2 Å². The largest absolute Gasteiger partial charge is 0.341 e. The van der Waals surface area contributed by atoms with Gasteiger partial charge in [0.05, 0.1) is 6.04 Å². The number of hydrogen-bond donors (Lipinski definition) is 2. The van der Waals surface area contributed by atoms with Crippen molar-refractivity contribution in [2.45, 2.75) is 38.0 Å². The van der Waals surface area contributed by atoms with E-state index < -0.39 is 12.2 Å². The summed E-state index contributed by atoms with van der Waals surface area (Å²) in [4.78, 5) is 13.8. The molecule has 4 nitrogen and oxygen atoms in total. The van der Waals surface area contributed by atoms with Gasteiger partial charge in [-0.1, -0.05) is 23.7 Å². The van der Waals surface area contributed by atoms with Crippen LogP contribution in [-0.2, 0) is 11.3 Å². The maximum Gasteiger partial charge on any atom is 0.239 e. The number of nitrogens with one attached hydrogen (secondary N) is 1. The highest BCUT2D eigenvalue weighted by molar-refractivity contribution is 6.30. The Balaban J connectivity index is 1.65. The standard InChI is InChI=1S/C16H23ClFN3O/c17-13-3-1-12(2-4-13)11-20-8-5-15(19)16(22)21-9-6-14(18)7-10-21/h1-4,14-15,20H,5-11,19H2. The van der Waals surface area contributed by atoms with Crippen molar-refractivity contribution in [3.8, 4) is 0 Å². The van der Waals surface area contributed by atoms with Crippen LogP contribution in [0.4, 0.5) is 4.39 Å². The second kappa shape index (κ2) is 8.46. The Labute approximate surface area is 135 Å². The summed E-state index contributed by atoms with van der Waals surface area (Å²) in [5.74, 6) is -0.0693. The molecule has 0 spiro atoms. The number of halogens is 2. The van der Waals surface area contributed by atoms with Crippen LogP contribution in [-0.4, -0.2) is 42.7 Å². The third kappa shape index (κ3) is 5.23. The first kappa shape index (κ1) is 17.2. The summed E-state index contributed by atoms with van der Waals surface area (Å²) in [5, 5.41) is 3.98. The monoisotopic (exact) mass is 327 g/mol. The number of rotatable bonds is 6. The van der Waals surface area contributed by atoms with E-state index in [9.17, 15) is 9.18 Å². The zero-order valence-corrected chi connectivity index (χ0v) is 13.4. The highest BCUT2D eigenvalue weighted by Crippen LogP contribution is 2.14. The van der Waals surface area contributed by atoms with E-state index in [1.165, 1.54) is 0 Å². The number of likely N-dealkylation sites (tertiary alicyclic amines) is 1. The van der Waals surface area contributed by atoms with Crippen molar-refractivity contribution in [2.75, 3.05) is 19.6 Å². The zero-order chi connectivity index (χ0) is 15.9. The van der Waals surface area contributed by atoms with Crippen LogP contribution in [0.25, 0.3) is 0 Å². The molecule has 122 valence electrons. The molecule has 0 aliphatic carbocycles. The minimum atomic E-state index is -0.777. The Bertz CT molecular complexity index is 475. The number of hydrogen-bond acceptors (Lipinski definition) is 3. The van der Waals surface area contributed by atoms with E-state index in [0.717, 1.165) is 5.56 Å². The molecule has 1 amide bonds. The van der Waals surface area contributed by atoms with Gasteiger partial charge in [0.25, 0.3) is 0 Å². The van der Waals surface area contributed by atoms with E-state index in [2.05, 4.69) is 5.32 Å². The Morgan fingerprint density at radius 3 is 2.64 bits per heavy atom. The number of amides is 1. The van der Waals surface area contributed by atoms with Crippen LogP contribution in [0, 0.1) is 0 Å². The Kier molecular flexibility index (Phi) is 6.61. The maximum absolute atomic E-state index is 13.1.